The van der Waals surface area contributed by atoms with Gasteiger partial charge in [-0.1, -0.05) is 72.3 Å². The van der Waals surface area contributed by atoms with Crippen LogP contribution in [0.3, 0.4) is 0 Å². The van der Waals surface area contributed by atoms with E-state index >= 15 is 0 Å². The molecule has 0 saturated carbocycles. The summed E-state index contributed by atoms with van der Waals surface area (Å²) in [6.45, 7) is 18.6. The van der Waals surface area contributed by atoms with E-state index < -0.39 is 0 Å². The molecule has 1 fully saturated rings. The number of fused-ring (bicyclic) bond motifs is 1. The maximum Gasteiger partial charge on any atom is 0.248 e. The zero-order valence-electron chi connectivity index (χ0n) is 22.7. The van der Waals surface area contributed by atoms with Gasteiger partial charge in [0, 0.05) is 56.6 Å². The molecule has 34 heavy (non-hydrogen) atoms. The number of carbonyl (C=O) groups is 3. The lowest BCUT2D eigenvalue weighted by molar-refractivity contribution is -0.121. The normalized spacial score (nSPS) is 23.7. The van der Waals surface area contributed by atoms with E-state index in [9.17, 15) is 14.4 Å². The van der Waals surface area contributed by atoms with Crippen LogP contribution < -0.4 is 5.32 Å². The van der Waals surface area contributed by atoms with Crippen LogP contribution in [0, 0.1) is 5.92 Å². The molecule has 3 heterocycles. The number of piperidine rings is 1. The molecule has 2 amide bonds. The van der Waals surface area contributed by atoms with Gasteiger partial charge in [0.2, 0.25) is 12.3 Å². The second kappa shape index (κ2) is 19.1. The Morgan fingerprint density at radius 2 is 1.74 bits per heavy atom. The van der Waals surface area contributed by atoms with E-state index in [0.717, 1.165) is 49.9 Å². The van der Waals surface area contributed by atoms with Crippen LogP contribution in [0.1, 0.15) is 80.6 Å². The summed E-state index contributed by atoms with van der Waals surface area (Å²) in [5.41, 5.74) is 1.91. The van der Waals surface area contributed by atoms with Crippen LogP contribution >= 0.6 is 0 Å². The van der Waals surface area contributed by atoms with Gasteiger partial charge in [0.05, 0.1) is 0 Å². The van der Waals surface area contributed by atoms with Crippen molar-refractivity contribution in [2.45, 2.75) is 86.6 Å². The molecular formula is C28H49N3O3. The number of hydrogen-bond donors (Lipinski definition) is 1. The number of nitrogens with zero attached hydrogens (tertiary/aromatic N) is 2. The fourth-order valence-electron chi connectivity index (χ4n) is 3.97. The lowest BCUT2D eigenvalue weighted by Gasteiger charge is -2.25. The zero-order valence-corrected chi connectivity index (χ0v) is 22.7. The van der Waals surface area contributed by atoms with Crippen molar-refractivity contribution in [2.75, 3.05) is 32.7 Å². The van der Waals surface area contributed by atoms with Crippen molar-refractivity contribution >= 4 is 18.1 Å². The fraction of sp³-hybridized carbons (Fsp3) is 0.679. The van der Waals surface area contributed by atoms with E-state index in [4.69, 9.17) is 0 Å². The minimum absolute atomic E-state index is 0.00130. The third kappa shape index (κ3) is 11.3. The van der Waals surface area contributed by atoms with Gasteiger partial charge < -0.3 is 15.1 Å². The Morgan fingerprint density at radius 3 is 2.29 bits per heavy atom. The molecule has 0 aromatic carbocycles. The molecule has 0 spiro atoms. The van der Waals surface area contributed by atoms with Crippen LogP contribution in [0.2, 0.25) is 0 Å². The number of carbonyl (C=O) groups excluding carboxylic acids is 3. The van der Waals surface area contributed by atoms with Crippen LogP contribution in [0.4, 0.5) is 0 Å². The summed E-state index contributed by atoms with van der Waals surface area (Å²) in [6, 6.07) is 0.0337. The summed E-state index contributed by atoms with van der Waals surface area (Å²) in [5.74, 6) is 0.487. The fourth-order valence-corrected chi connectivity index (χ4v) is 3.97. The first-order valence-electron chi connectivity index (χ1n) is 13.3. The largest absolute Gasteiger partial charge is 0.346 e. The molecule has 2 unspecified atom stereocenters. The number of nitrogens with one attached hydrogen (secondary N) is 1. The topological polar surface area (TPSA) is 69.7 Å². The van der Waals surface area contributed by atoms with Gasteiger partial charge >= 0.3 is 0 Å². The molecular weight excluding hydrogens is 426 g/mol. The predicted molar refractivity (Wildman–Crippen MR) is 143 cm³/mol. The van der Waals surface area contributed by atoms with Gasteiger partial charge in [-0.2, -0.15) is 0 Å². The standard InChI is InChI=1S/C15H20N2O2.C9H17NO.2C2H6/c1-3-4-5-14-11(2)12-8-13(16-15(14)19)6-7-17(9-12)10-18;1-2-3-6-10-7-4-9(11)5-8-10;2*1-2/h3-5,8,10-11,13H,6-7,9H2,1-2H3,(H,16,19);2-8H2,1H3;2*1-2H3/b4-3-,14-5+;;;. The van der Waals surface area contributed by atoms with Crippen LogP contribution in [-0.2, 0) is 14.4 Å². The minimum atomic E-state index is 0.00130. The van der Waals surface area contributed by atoms with E-state index in [0.29, 0.717) is 18.9 Å². The molecule has 0 aromatic rings. The summed E-state index contributed by atoms with van der Waals surface area (Å²) in [7, 11) is 0. The summed E-state index contributed by atoms with van der Waals surface area (Å²) in [6.07, 6.45) is 13.5. The molecule has 0 radical (unpaired) electrons. The third-order valence-electron chi connectivity index (χ3n) is 5.99. The average Bonchev–Trinajstić information content (AvgIpc) is 3.14. The number of allylic oxidation sites excluding steroid dienone is 3. The van der Waals surface area contributed by atoms with Crippen LogP contribution in [0.25, 0.3) is 0 Å². The van der Waals surface area contributed by atoms with Crippen molar-refractivity contribution in [3.05, 3.63) is 35.5 Å². The van der Waals surface area contributed by atoms with Gasteiger partial charge in [-0.3, -0.25) is 14.4 Å². The Kier molecular flexibility index (Phi) is 17.9. The Hall–Kier alpha value is -2.21. The van der Waals surface area contributed by atoms with Gasteiger partial charge in [-0.15, -0.1) is 0 Å². The molecule has 3 aliphatic rings. The van der Waals surface area contributed by atoms with E-state index in [2.05, 4.69) is 23.2 Å². The highest BCUT2D eigenvalue weighted by Crippen LogP contribution is 2.27. The van der Waals surface area contributed by atoms with Gasteiger partial charge in [0.25, 0.3) is 0 Å². The quantitative estimate of drug-likeness (QED) is 0.348. The molecule has 2 bridgehead atoms. The molecule has 3 aliphatic heterocycles. The second-order valence-electron chi connectivity index (χ2n) is 8.29. The molecule has 6 nitrogen and oxygen atoms in total. The number of likely N-dealkylation sites (tertiary alicyclic amines) is 1. The van der Waals surface area contributed by atoms with Crippen molar-refractivity contribution in [2.24, 2.45) is 5.92 Å². The monoisotopic (exact) mass is 475 g/mol. The van der Waals surface area contributed by atoms with Crippen LogP contribution in [0.5, 0.6) is 0 Å². The van der Waals surface area contributed by atoms with Crippen molar-refractivity contribution < 1.29 is 14.4 Å². The van der Waals surface area contributed by atoms with Gasteiger partial charge in [0.1, 0.15) is 5.78 Å². The number of amides is 2. The average molecular weight is 476 g/mol. The van der Waals surface area contributed by atoms with Gasteiger partial charge in [-0.25, -0.2) is 0 Å². The number of Topliss-reactive ketones (excluding diaryl/α,β-unsaturated/α-hetero) is 1. The van der Waals surface area contributed by atoms with Gasteiger partial charge in [0.15, 0.2) is 0 Å². The molecule has 3 rings (SSSR count). The number of rotatable bonds is 5. The molecule has 1 saturated heterocycles. The molecule has 1 N–H and O–H groups in total. The summed E-state index contributed by atoms with van der Waals surface area (Å²) >= 11 is 0. The lowest BCUT2D eigenvalue weighted by atomic mass is 9.92. The zero-order chi connectivity index (χ0) is 25.9. The van der Waals surface area contributed by atoms with E-state index in [1.54, 1.807) is 4.90 Å². The number of ketones is 1. The molecule has 0 aliphatic carbocycles. The smallest absolute Gasteiger partial charge is 0.248 e. The number of hydrogen-bond acceptors (Lipinski definition) is 4. The van der Waals surface area contributed by atoms with E-state index in [1.165, 1.54) is 19.4 Å². The Balaban J connectivity index is 0.000000618. The third-order valence-corrected chi connectivity index (χ3v) is 5.99. The maximum atomic E-state index is 12.2. The summed E-state index contributed by atoms with van der Waals surface area (Å²) < 4.78 is 0. The van der Waals surface area contributed by atoms with Crippen LogP contribution in [-0.4, -0.2) is 66.7 Å². The summed E-state index contributed by atoms with van der Waals surface area (Å²) in [4.78, 5) is 38.2. The predicted octanol–water partition coefficient (Wildman–Crippen LogP) is 4.92. The highest BCUT2D eigenvalue weighted by atomic mass is 16.2. The minimum Gasteiger partial charge on any atom is -0.346 e. The van der Waals surface area contributed by atoms with Crippen molar-refractivity contribution in [3.8, 4) is 0 Å². The van der Waals surface area contributed by atoms with Crippen molar-refractivity contribution in [3.63, 3.8) is 0 Å². The van der Waals surface area contributed by atoms with Gasteiger partial charge in [-0.05, 0) is 31.9 Å². The Morgan fingerprint density at radius 1 is 1.09 bits per heavy atom. The second-order valence-corrected chi connectivity index (χ2v) is 8.29. The molecule has 0 aromatic heterocycles. The van der Waals surface area contributed by atoms with Crippen molar-refractivity contribution in [1.29, 1.82) is 0 Å². The Bertz CT molecular complexity index is 687. The van der Waals surface area contributed by atoms with E-state index in [1.807, 2.05) is 59.8 Å². The van der Waals surface area contributed by atoms with Crippen LogP contribution in [0.15, 0.2) is 35.5 Å². The molecule has 194 valence electrons. The highest BCUT2D eigenvalue weighted by molar-refractivity contribution is 5.95. The van der Waals surface area contributed by atoms with E-state index in [-0.39, 0.29) is 17.9 Å². The first-order valence-corrected chi connectivity index (χ1v) is 13.3. The highest BCUT2D eigenvalue weighted by Gasteiger charge is 2.29. The lowest BCUT2D eigenvalue weighted by Crippen LogP contribution is -2.37. The van der Waals surface area contributed by atoms with Crippen molar-refractivity contribution in [1.82, 2.24) is 15.1 Å². The molecule has 6 heteroatoms. The molecule has 2 atom stereocenters. The Labute approximate surface area is 208 Å². The SMILES string of the molecule is C/C=C\C=C1\C(=O)NC2C=C(CN(C=O)CC2)C1C.CC.CC.CCCCN1CCC(=O)CC1. The summed E-state index contributed by atoms with van der Waals surface area (Å²) in [5, 5.41) is 3.02. The first-order chi connectivity index (χ1) is 16.5. The first kappa shape index (κ1) is 31.8. The maximum absolute atomic E-state index is 12.2. The number of unbranched alkanes of at least 4 members (excludes halogenated alkanes) is 1.